The van der Waals surface area contributed by atoms with Gasteiger partial charge in [0.05, 0.1) is 7.11 Å². The molecular weight excluding hydrogens is 372 g/mol. The summed E-state index contributed by atoms with van der Waals surface area (Å²) in [5.41, 5.74) is 4.16. The summed E-state index contributed by atoms with van der Waals surface area (Å²) in [6.07, 6.45) is 0. The smallest absolute Gasteiger partial charge is 0.242 e. The molecule has 2 aromatic carbocycles. The second kappa shape index (κ2) is 8.39. The van der Waals surface area contributed by atoms with Gasteiger partial charge in [-0.1, -0.05) is 47.5 Å². The van der Waals surface area contributed by atoms with E-state index in [4.69, 9.17) is 17.0 Å². The Bertz CT molecular complexity index is 1040. The Hall–Kier alpha value is -2.93. The van der Waals surface area contributed by atoms with E-state index in [0.717, 1.165) is 28.0 Å². The Morgan fingerprint density at radius 1 is 1.18 bits per heavy atom. The van der Waals surface area contributed by atoms with Crippen LogP contribution in [0.4, 0.5) is 0 Å². The number of aromatic amines is 1. The van der Waals surface area contributed by atoms with E-state index in [1.807, 2.05) is 56.3 Å². The van der Waals surface area contributed by atoms with Gasteiger partial charge in [-0.2, -0.15) is 5.10 Å². The van der Waals surface area contributed by atoms with Gasteiger partial charge in [0.1, 0.15) is 12.3 Å². The predicted octanol–water partition coefficient (Wildman–Crippen LogP) is 3.89. The van der Waals surface area contributed by atoms with Gasteiger partial charge in [-0.3, -0.25) is 14.5 Å². The lowest BCUT2D eigenvalue weighted by atomic mass is 10.1. The highest BCUT2D eigenvalue weighted by Gasteiger charge is 2.17. The predicted molar refractivity (Wildman–Crippen MR) is 112 cm³/mol. The van der Waals surface area contributed by atoms with Gasteiger partial charge in [0.2, 0.25) is 5.91 Å². The highest BCUT2D eigenvalue weighted by atomic mass is 32.1. The summed E-state index contributed by atoms with van der Waals surface area (Å²) in [6, 6.07) is 13.9. The van der Waals surface area contributed by atoms with E-state index in [1.165, 1.54) is 0 Å². The van der Waals surface area contributed by atoms with Crippen LogP contribution < -0.4 is 4.74 Å². The van der Waals surface area contributed by atoms with Crippen molar-refractivity contribution >= 4 is 18.1 Å². The minimum atomic E-state index is -0.0607. The topological polar surface area (TPSA) is 63.1 Å². The number of nitrogens with zero attached hydrogens (tertiary/aromatic N) is 3. The second-order valence-corrected chi connectivity index (χ2v) is 7.26. The molecule has 0 aliphatic heterocycles. The van der Waals surface area contributed by atoms with Crippen LogP contribution in [0.25, 0.3) is 11.4 Å². The van der Waals surface area contributed by atoms with Crippen LogP contribution in [0.5, 0.6) is 5.75 Å². The van der Waals surface area contributed by atoms with Crippen molar-refractivity contribution in [2.45, 2.75) is 26.9 Å². The lowest BCUT2D eigenvalue weighted by Crippen LogP contribution is -2.30. The lowest BCUT2D eigenvalue weighted by Gasteiger charge is -2.20. The van der Waals surface area contributed by atoms with E-state index in [1.54, 1.807) is 23.6 Å². The van der Waals surface area contributed by atoms with Gasteiger partial charge in [-0.15, -0.1) is 0 Å². The quantitative estimate of drug-likeness (QED) is 0.642. The van der Waals surface area contributed by atoms with Crippen molar-refractivity contribution in [3.05, 3.63) is 63.9 Å². The van der Waals surface area contributed by atoms with Crippen LogP contribution >= 0.6 is 12.2 Å². The first-order valence-corrected chi connectivity index (χ1v) is 9.39. The van der Waals surface area contributed by atoms with Gasteiger partial charge in [0.15, 0.2) is 10.6 Å². The summed E-state index contributed by atoms with van der Waals surface area (Å²) in [4.78, 5) is 14.5. The van der Waals surface area contributed by atoms with Gasteiger partial charge in [-0.05, 0) is 32.1 Å². The van der Waals surface area contributed by atoms with Gasteiger partial charge in [0.25, 0.3) is 0 Å². The van der Waals surface area contributed by atoms with Crippen LogP contribution in [0.2, 0.25) is 0 Å². The molecule has 146 valence electrons. The van der Waals surface area contributed by atoms with Gasteiger partial charge < -0.3 is 9.64 Å². The Labute approximate surface area is 169 Å². The largest absolute Gasteiger partial charge is 0.496 e. The maximum atomic E-state index is 12.9. The number of likely N-dealkylation sites (N-methyl/N-ethyl adjacent to an activating group) is 1. The first-order chi connectivity index (χ1) is 13.4. The van der Waals surface area contributed by atoms with Crippen LogP contribution in [0.15, 0.2) is 42.5 Å². The minimum absolute atomic E-state index is 0.0607. The highest BCUT2D eigenvalue weighted by Crippen LogP contribution is 2.22. The molecule has 0 spiro atoms. The number of hydrogen-bond donors (Lipinski definition) is 1. The zero-order valence-corrected chi connectivity index (χ0v) is 17.3. The first kappa shape index (κ1) is 19.8. The van der Waals surface area contributed by atoms with Gasteiger partial charge in [0, 0.05) is 24.7 Å². The van der Waals surface area contributed by atoms with Crippen LogP contribution in [-0.4, -0.2) is 39.7 Å². The van der Waals surface area contributed by atoms with Crippen molar-refractivity contribution in [3.8, 4) is 17.1 Å². The fourth-order valence-electron chi connectivity index (χ4n) is 3.02. The number of rotatable bonds is 6. The third-order valence-electron chi connectivity index (χ3n) is 4.63. The zero-order valence-electron chi connectivity index (χ0n) is 16.5. The average Bonchev–Trinajstić information content (AvgIpc) is 3.03. The number of aryl methyl sites for hydroxylation is 2. The molecule has 1 aromatic heterocycles. The standard InChI is InChI=1S/C21H24N4O2S/c1-14-5-8-16(9-6-14)20-22-23-21(28)25(20)13-19(26)24(3)12-17-11-15(2)7-10-18(17)27-4/h5-11H,12-13H2,1-4H3,(H,23,28). The van der Waals surface area contributed by atoms with Crippen LogP contribution in [-0.2, 0) is 17.9 Å². The average molecular weight is 397 g/mol. The maximum Gasteiger partial charge on any atom is 0.242 e. The molecule has 0 unspecified atom stereocenters. The van der Waals surface area contributed by atoms with E-state index >= 15 is 0 Å². The second-order valence-electron chi connectivity index (χ2n) is 6.87. The monoisotopic (exact) mass is 396 g/mol. The molecule has 28 heavy (non-hydrogen) atoms. The SMILES string of the molecule is COc1ccc(C)cc1CN(C)C(=O)Cn1c(-c2ccc(C)cc2)n[nH]c1=S. The van der Waals surface area contributed by atoms with E-state index < -0.39 is 0 Å². The number of hydrogen-bond acceptors (Lipinski definition) is 4. The van der Waals surface area contributed by atoms with Crippen molar-refractivity contribution < 1.29 is 9.53 Å². The summed E-state index contributed by atoms with van der Waals surface area (Å²) in [6.45, 7) is 4.61. The van der Waals surface area contributed by atoms with Gasteiger partial charge >= 0.3 is 0 Å². The third-order valence-corrected chi connectivity index (χ3v) is 4.94. The Kier molecular flexibility index (Phi) is 5.94. The minimum Gasteiger partial charge on any atom is -0.496 e. The number of amides is 1. The van der Waals surface area contributed by atoms with Crippen molar-refractivity contribution in [1.29, 1.82) is 0 Å². The number of methoxy groups -OCH3 is 1. The Morgan fingerprint density at radius 3 is 2.54 bits per heavy atom. The molecule has 1 N–H and O–H groups in total. The molecular formula is C21H24N4O2S. The van der Waals surface area contributed by atoms with Crippen molar-refractivity contribution in [3.63, 3.8) is 0 Å². The number of carbonyl (C=O) groups excluding carboxylic acids is 1. The molecule has 0 atom stereocenters. The molecule has 1 amide bonds. The normalized spacial score (nSPS) is 10.7. The number of aromatic nitrogens is 3. The number of H-pyrrole nitrogens is 1. The van der Waals surface area contributed by atoms with Crippen molar-refractivity contribution in [2.75, 3.05) is 14.2 Å². The molecule has 0 radical (unpaired) electrons. The first-order valence-electron chi connectivity index (χ1n) is 8.98. The molecule has 3 rings (SSSR count). The molecule has 0 saturated heterocycles. The number of benzene rings is 2. The molecule has 3 aromatic rings. The number of ether oxygens (including phenoxy) is 1. The number of carbonyl (C=O) groups is 1. The van der Waals surface area contributed by atoms with Crippen LogP contribution in [0.1, 0.15) is 16.7 Å². The van der Waals surface area contributed by atoms with E-state index in [9.17, 15) is 4.79 Å². The summed E-state index contributed by atoms with van der Waals surface area (Å²) in [5.74, 6) is 1.36. The van der Waals surface area contributed by atoms with E-state index in [0.29, 0.717) is 17.1 Å². The third kappa shape index (κ3) is 4.31. The van der Waals surface area contributed by atoms with Crippen molar-refractivity contribution in [1.82, 2.24) is 19.7 Å². The molecule has 6 nitrogen and oxygen atoms in total. The van der Waals surface area contributed by atoms with Crippen molar-refractivity contribution in [2.24, 2.45) is 0 Å². The zero-order chi connectivity index (χ0) is 20.3. The molecule has 7 heteroatoms. The molecule has 0 saturated carbocycles. The summed E-state index contributed by atoms with van der Waals surface area (Å²) in [5, 5.41) is 7.10. The fraction of sp³-hybridized carbons (Fsp3) is 0.286. The maximum absolute atomic E-state index is 12.9. The lowest BCUT2D eigenvalue weighted by molar-refractivity contribution is -0.131. The van der Waals surface area contributed by atoms with E-state index in [-0.39, 0.29) is 12.5 Å². The molecule has 0 bridgehead atoms. The summed E-state index contributed by atoms with van der Waals surface area (Å²) < 4.78 is 7.57. The molecule has 0 aliphatic rings. The summed E-state index contributed by atoms with van der Waals surface area (Å²) in [7, 11) is 3.41. The highest BCUT2D eigenvalue weighted by molar-refractivity contribution is 7.71. The molecule has 1 heterocycles. The van der Waals surface area contributed by atoms with Gasteiger partial charge in [-0.25, -0.2) is 0 Å². The van der Waals surface area contributed by atoms with Crippen LogP contribution in [0, 0.1) is 18.6 Å². The Morgan fingerprint density at radius 2 is 1.86 bits per heavy atom. The Balaban J connectivity index is 1.80. The van der Waals surface area contributed by atoms with E-state index in [2.05, 4.69) is 10.2 Å². The fourth-order valence-corrected chi connectivity index (χ4v) is 3.21. The van der Waals surface area contributed by atoms with Crippen LogP contribution in [0.3, 0.4) is 0 Å². The molecule has 0 aliphatic carbocycles. The molecule has 0 fully saturated rings. The summed E-state index contributed by atoms with van der Waals surface area (Å²) >= 11 is 5.34. The number of nitrogens with one attached hydrogen (secondary N) is 1.